The number of fused-ring (bicyclic) bond motifs is 8. The summed E-state index contributed by atoms with van der Waals surface area (Å²) in [6.07, 6.45) is 0. The van der Waals surface area contributed by atoms with Crippen molar-refractivity contribution in [2.24, 2.45) is 0 Å². The summed E-state index contributed by atoms with van der Waals surface area (Å²) in [6.45, 7) is 0. The lowest BCUT2D eigenvalue weighted by molar-refractivity contribution is 0.487. The normalized spacial score (nSPS) is 11.9. The van der Waals surface area contributed by atoms with E-state index in [1.54, 1.807) is 0 Å². The van der Waals surface area contributed by atoms with Crippen LogP contribution in [0.25, 0.3) is 98.4 Å². The molecule has 244 valence electrons. The first-order chi connectivity index (χ1) is 26.2. The Morgan fingerprint density at radius 2 is 0.925 bits per heavy atom. The molecule has 2 nitrogen and oxygen atoms in total. The van der Waals surface area contributed by atoms with Gasteiger partial charge in [-0.3, -0.25) is 0 Å². The Bertz CT molecular complexity index is 3200. The fourth-order valence-corrected chi connectivity index (χ4v) is 8.54. The van der Waals surface area contributed by atoms with Gasteiger partial charge in [-0.25, -0.2) is 0 Å². The van der Waals surface area contributed by atoms with E-state index in [9.17, 15) is 5.26 Å². The van der Waals surface area contributed by atoms with Crippen molar-refractivity contribution < 1.29 is 4.74 Å². The third kappa shape index (κ3) is 4.51. The van der Waals surface area contributed by atoms with Crippen LogP contribution in [0, 0.1) is 11.3 Å². The number of nitrogens with zero attached hydrogens (tertiary/aromatic N) is 1. The van der Waals surface area contributed by atoms with Crippen LogP contribution in [0.2, 0.25) is 0 Å². The minimum Gasteiger partial charge on any atom is -0.456 e. The highest BCUT2D eigenvalue weighted by atomic mass is 16.5. The summed E-state index contributed by atoms with van der Waals surface area (Å²) in [4.78, 5) is 0. The molecule has 0 bridgehead atoms. The monoisotopic (exact) mass is 671 g/mol. The van der Waals surface area contributed by atoms with E-state index in [2.05, 4.69) is 152 Å². The number of ether oxygens (including phenoxy) is 1. The highest BCUT2D eigenvalue weighted by Crippen LogP contribution is 2.48. The third-order valence-corrected chi connectivity index (χ3v) is 11.1. The second-order valence-electron chi connectivity index (χ2n) is 13.9. The molecule has 11 rings (SSSR count). The fraction of sp³-hybridized carbons (Fsp3) is 0. The van der Waals surface area contributed by atoms with Crippen LogP contribution in [0.3, 0.4) is 0 Å². The molecule has 10 aromatic carbocycles. The number of nitriles is 1. The lowest BCUT2D eigenvalue weighted by Gasteiger charge is -2.22. The van der Waals surface area contributed by atoms with Crippen LogP contribution in [0.15, 0.2) is 176 Å². The Labute approximate surface area is 306 Å². The molecule has 0 spiro atoms. The van der Waals surface area contributed by atoms with Crippen LogP contribution in [-0.4, -0.2) is 0 Å². The maximum Gasteiger partial charge on any atom is 0.135 e. The van der Waals surface area contributed by atoms with Gasteiger partial charge in [0.05, 0.1) is 11.6 Å². The Morgan fingerprint density at radius 1 is 0.340 bits per heavy atom. The maximum absolute atomic E-state index is 9.68. The standard InChI is InChI=1S/C51H29NO/c52-30-37-23-25-44-43-24-22-35(27-50(43)53-49-15-7-14-38(37)51(44)49)32-16-19-33(20-17-32)45-28-47-42-13-6-4-11-40(42)46(29-48(47)41-12-5-3-10-39(41)45)36-21-18-31-8-1-2-9-34(31)26-36/h1-29H. The Hall–Kier alpha value is -7.21. The second kappa shape index (κ2) is 11.4. The van der Waals surface area contributed by atoms with Gasteiger partial charge < -0.3 is 4.74 Å². The molecule has 0 amide bonds. The summed E-state index contributed by atoms with van der Waals surface area (Å²) in [5.41, 5.74) is 9.89. The Kier molecular flexibility index (Phi) is 6.35. The van der Waals surface area contributed by atoms with Crippen LogP contribution in [0.1, 0.15) is 5.56 Å². The quantitative estimate of drug-likeness (QED) is 0.175. The molecule has 2 heteroatoms. The van der Waals surface area contributed by atoms with Crippen LogP contribution in [0.5, 0.6) is 11.5 Å². The van der Waals surface area contributed by atoms with Crippen molar-refractivity contribution in [3.05, 3.63) is 181 Å². The molecule has 1 aliphatic heterocycles. The van der Waals surface area contributed by atoms with Gasteiger partial charge in [-0.1, -0.05) is 133 Å². The number of hydrogen-bond donors (Lipinski definition) is 0. The predicted molar refractivity (Wildman–Crippen MR) is 221 cm³/mol. The van der Waals surface area contributed by atoms with Crippen LogP contribution in [-0.2, 0) is 0 Å². The average molecular weight is 672 g/mol. The van der Waals surface area contributed by atoms with Crippen molar-refractivity contribution in [3.63, 3.8) is 0 Å². The second-order valence-corrected chi connectivity index (χ2v) is 13.9. The van der Waals surface area contributed by atoms with E-state index in [-0.39, 0.29) is 0 Å². The predicted octanol–water partition coefficient (Wildman–Crippen LogP) is 14.1. The minimum atomic E-state index is 0.660. The lowest BCUT2D eigenvalue weighted by Crippen LogP contribution is -1.98. The summed E-state index contributed by atoms with van der Waals surface area (Å²) >= 11 is 0. The fourth-order valence-electron chi connectivity index (χ4n) is 8.54. The van der Waals surface area contributed by atoms with E-state index in [0.717, 1.165) is 44.5 Å². The average Bonchev–Trinajstić information content (AvgIpc) is 3.23. The zero-order valence-corrected chi connectivity index (χ0v) is 28.6. The summed E-state index contributed by atoms with van der Waals surface area (Å²) in [6, 6.07) is 65.4. The molecule has 0 fully saturated rings. The zero-order valence-electron chi connectivity index (χ0n) is 28.6. The van der Waals surface area contributed by atoms with Gasteiger partial charge in [0, 0.05) is 16.3 Å². The van der Waals surface area contributed by atoms with Gasteiger partial charge >= 0.3 is 0 Å². The van der Waals surface area contributed by atoms with Crippen molar-refractivity contribution in [1.29, 1.82) is 5.26 Å². The number of benzene rings is 10. The molecular formula is C51H29NO. The molecular weight excluding hydrogens is 643 g/mol. The zero-order chi connectivity index (χ0) is 35.0. The molecule has 0 atom stereocenters. The molecule has 0 aromatic heterocycles. The van der Waals surface area contributed by atoms with E-state index in [0.29, 0.717) is 5.56 Å². The highest BCUT2D eigenvalue weighted by Gasteiger charge is 2.22. The largest absolute Gasteiger partial charge is 0.456 e. The van der Waals surface area contributed by atoms with Crippen LogP contribution >= 0.6 is 0 Å². The topological polar surface area (TPSA) is 33.0 Å². The molecule has 53 heavy (non-hydrogen) atoms. The van der Waals surface area contributed by atoms with Crippen molar-refractivity contribution in [2.45, 2.75) is 0 Å². The molecule has 0 N–H and O–H groups in total. The molecule has 0 radical (unpaired) electrons. The first-order valence-corrected chi connectivity index (χ1v) is 18.0. The van der Waals surface area contributed by atoms with E-state index in [1.807, 2.05) is 30.3 Å². The molecule has 0 aliphatic carbocycles. The molecule has 0 saturated carbocycles. The minimum absolute atomic E-state index is 0.660. The van der Waals surface area contributed by atoms with E-state index >= 15 is 0 Å². The first-order valence-electron chi connectivity index (χ1n) is 18.0. The molecule has 0 unspecified atom stereocenters. The van der Waals surface area contributed by atoms with Gasteiger partial charge in [0.2, 0.25) is 0 Å². The van der Waals surface area contributed by atoms with Crippen molar-refractivity contribution >= 4 is 53.9 Å². The molecule has 10 aromatic rings. The smallest absolute Gasteiger partial charge is 0.135 e. The summed E-state index contributed by atoms with van der Waals surface area (Å²) < 4.78 is 6.47. The van der Waals surface area contributed by atoms with Crippen LogP contribution in [0.4, 0.5) is 0 Å². The summed E-state index contributed by atoms with van der Waals surface area (Å²) in [5.74, 6) is 1.61. The lowest BCUT2D eigenvalue weighted by atomic mass is 9.87. The Morgan fingerprint density at radius 3 is 1.66 bits per heavy atom. The van der Waals surface area contributed by atoms with Gasteiger partial charge in [0.1, 0.15) is 11.5 Å². The van der Waals surface area contributed by atoms with Gasteiger partial charge in [-0.2, -0.15) is 5.26 Å². The van der Waals surface area contributed by atoms with Crippen LogP contribution < -0.4 is 4.74 Å². The highest BCUT2D eigenvalue weighted by molar-refractivity contribution is 6.24. The van der Waals surface area contributed by atoms with Crippen molar-refractivity contribution in [2.75, 3.05) is 0 Å². The summed E-state index contributed by atoms with van der Waals surface area (Å²) in [5, 5.41) is 21.6. The SMILES string of the molecule is N#Cc1ccc2c3c(cccc13)Oc1cc(-c3ccc(-c4cc5c6ccccc6c(-c6ccc7ccccc7c6)cc5c5ccccc45)cc3)ccc1-2. The number of hydrogen-bond acceptors (Lipinski definition) is 2. The van der Waals surface area contributed by atoms with E-state index < -0.39 is 0 Å². The van der Waals surface area contributed by atoms with Gasteiger partial charge in [-0.05, 0) is 124 Å². The van der Waals surface area contributed by atoms with E-state index in [1.165, 1.54) is 65.3 Å². The third-order valence-electron chi connectivity index (χ3n) is 11.1. The Balaban J connectivity index is 1.03. The van der Waals surface area contributed by atoms with Crippen molar-refractivity contribution in [3.8, 4) is 62.1 Å². The molecule has 0 saturated heterocycles. The number of rotatable bonds is 3. The van der Waals surface area contributed by atoms with Gasteiger partial charge in [0.25, 0.3) is 0 Å². The molecule has 1 aliphatic rings. The van der Waals surface area contributed by atoms with Crippen molar-refractivity contribution in [1.82, 2.24) is 0 Å². The maximum atomic E-state index is 9.68. The first kappa shape index (κ1) is 29.5. The van der Waals surface area contributed by atoms with Gasteiger partial charge in [0.15, 0.2) is 0 Å². The molecule has 1 heterocycles. The van der Waals surface area contributed by atoms with Gasteiger partial charge in [-0.15, -0.1) is 0 Å². The van der Waals surface area contributed by atoms with E-state index in [4.69, 9.17) is 4.74 Å². The summed E-state index contributed by atoms with van der Waals surface area (Å²) in [7, 11) is 0.